The van der Waals surface area contributed by atoms with Crippen molar-refractivity contribution in [3.63, 3.8) is 0 Å². The molecule has 1 heterocycles. The third kappa shape index (κ3) is 2.00. The van der Waals surface area contributed by atoms with Crippen molar-refractivity contribution in [3.05, 3.63) is 18.2 Å². The van der Waals surface area contributed by atoms with Crippen LogP contribution in [0, 0.1) is 0 Å². The molecule has 2 nitrogen and oxygen atoms in total. The third-order valence-electron chi connectivity index (χ3n) is 1.60. The zero-order chi connectivity index (χ0) is 9.10. The Labute approximate surface area is 85.9 Å². The number of hydrogen-bond donors (Lipinski definition) is 0. The molecule has 0 spiro atoms. The van der Waals surface area contributed by atoms with Crippen LogP contribution in [0.5, 0.6) is 5.75 Å². The van der Waals surface area contributed by atoms with Gasteiger partial charge in [0.15, 0.2) is 0 Å². The van der Waals surface area contributed by atoms with Gasteiger partial charge in [0.05, 0.1) is 12.2 Å². The molecule has 0 N–H and O–H groups in total. The Hall–Kier alpha value is -0.610. The van der Waals surface area contributed by atoms with Crippen LogP contribution in [0.4, 0.5) is 0 Å². The molecule has 0 unspecified atom stereocenters. The number of thioether (sulfide) groups is 1. The summed E-state index contributed by atoms with van der Waals surface area (Å²) in [4.78, 5) is 2.43. The molecular formula is C9H9NOS2. The van der Waals surface area contributed by atoms with Crippen molar-refractivity contribution in [3.8, 4) is 5.75 Å². The predicted molar refractivity (Wildman–Crippen MR) is 57.8 cm³/mol. The monoisotopic (exact) mass is 211 g/mol. The van der Waals surface area contributed by atoms with Gasteiger partial charge < -0.3 is 4.74 Å². The quantitative estimate of drug-likeness (QED) is 0.701. The number of nitrogens with zero attached hydrogens (tertiary/aromatic N) is 1. The Morgan fingerprint density at radius 2 is 2.31 bits per heavy atom. The fourth-order valence-corrected chi connectivity index (χ4v) is 2.54. The van der Waals surface area contributed by atoms with Crippen LogP contribution in [0.1, 0.15) is 6.92 Å². The van der Waals surface area contributed by atoms with Crippen molar-refractivity contribution in [2.45, 2.75) is 16.7 Å². The number of rotatable bonds is 2. The van der Waals surface area contributed by atoms with Crippen LogP contribution in [0.25, 0.3) is 0 Å². The molecule has 1 aliphatic rings. The van der Waals surface area contributed by atoms with Crippen LogP contribution in [-0.4, -0.2) is 12.2 Å². The Bertz CT molecular complexity index is 338. The topological polar surface area (TPSA) is 21.6 Å². The summed E-state index contributed by atoms with van der Waals surface area (Å²) >= 11 is 3.14. The third-order valence-corrected chi connectivity index (χ3v) is 3.43. The molecule has 0 fully saturated rings. The number of fused-ring (bicyclic) bond motifs is 1. The van der Waals surface area contributed by atoms with Gasteiger partial charge in [-0.25, -0.2) is 4.40 Å². The molecule has 0 saturated heterocycles. The van der Waals surface area contributed by atoms with Gasteiger partial charge in [0.1, 0.15) is 5.75 Å². The first-order valence-electron chi connectivity index (χ1n) is 4.02. The average molecular weight is 211 g/mol. The summed E-state index contributed by atoms with van der Waals surface area (Å²) in [7, 11) is 0. The maximum atomic E-state index is 5.40. The van der Waals surface area contributed by atoms with Crippen molar-refractivity contribution < 1.29 is 4.74 Å². The van der Waals surface area contributed by atoms with E-state index in [-0.39, 0.29) is 0 Å². The van der Waals surface area contributed by atoms with E-state index in [0.717, 1.165) is 5.75 Å². The van der Waals surface area contributed by atoms with E-state index in [1.165, 1.54) is 21.7 Å². The second-order valence-corrected chi connectivity index (χ2v) is 4.18. The van der Waals surface area contributed by atoms with Gasteiger partial charge in [0.2, 0.25) is 0 Å². The molecule has 13 heavy (non-hydrogen) atoms. The van der Waals surface area contributed by atoms with Crippen LogP contribution in [0.2, 0.25) is 0 Å². The Balaban J connectivity index is 2.27. The maximum absolute atomic E-state index is 5.40. The van der Waals surface area contributed by atoms with Crippen LogP contribution in [-0.2, 0) is 0 Å². The van der Waals surface area contributed by atoms with E-state index in [0.29, 0.717) is 6.61 Å². The van der Waals surface area contributed by atoms with E-state index in [4.69, 9.17) is 4.74 Å². The number of benzene rings is 1. The molecule has 0 bridgehead atoms. The minimum atomic E-state index is 0.713. The summed E-state index contributed by atoms with van der Waals surface area (Å²) in [5.74, 6) is 0.935. The summed E-state index contributed by atoms with van der Waals surface area (Å²) in [5, 5.41) is 0. The predicted octanol–water partition coefficient (Wildman–Crippen LogP) is 3.23. The highest BCUT2D eigenvalue weighted by molar-refractivity contribution is 8.14. The number of hydrogen-bond acceptors (Lipinski definition) is 4. The minimum absolute atomic E-state index is 0.713. The van der Waals surface area contributed by atoms with Gasteiger partial charge >= 0.3 is 0 Å². The minimum Gasteiger partial charge on any atom is -0.494 e. The van der Waals surface area contributed by atoms with Crippen LogP contribution < -0.4 is 4.74 Å². The first-order valence-corrected chi connectivity index (χ1v) is 5.68. The molecule has 0 amide bonds. The number of ether oxygens (including phenoxy) is 1. The lowest BCUT2D eigenvalue weighted by Crippen LogP contribution is -1.92. The molecule has 0 aliphatic carbocycles. The molecule has 0 saturated carbocycles. The molecule has 0 radical (unpaired) electrons. The van der Waals surface area contributed by atoms with Crippen LogP contribution in [0.3, 0.4) is 0 Å². The highest BCUT2D eigenvalue weighted by Crippen LogP contribution is 2.37. The van der Waals surface area contributed by atoms with Crippen molar-refractivity contribution in [2.24, 2.45) is 4.40 Å². The molecule has 0 aromatic heterocycles. The second-order valence-electron chi connectivity index (χ2n) is 2.46. The molecule has 2 rings (SSSR count). The molecule has 1 aromatic rings. The summed E-state index contributed by atoms with van der Waals surface area (Å²) < 4.78 is 9.51. The lowest BCUT2D eigenvalue weighted by Gasteiger charge is -2.10. The fraction of sp³-hybridized carbons (Fsp3) is 0.222. The lowest BCUT2D eigenvalue weighted by atomic mass is 10.3. The van der Waals surface area contributed by atoms with Crippen molar-refractivity contribution >= 4 is 29.3 Å². The zero-order valence-electron chi connectivity index (χ0n) is 7.19. The van der Waals surface area contributed by atoms with Gasteiger partial charge in [0.25, 0.3) is 0 Å². The van der Waals surface area contributed by atoms with Gasteiger partial charge in [-0.2, -0.15) is 0 Å². The van der Waals surface area contributed by atoms with Gasteiger partial charge in [-0.3, -0.25) is 0 Å². The van der Waals surface area contributed by atoms with Gasteiger partial charge in [-0.05, 0) is 25.1 Å². The summed E-state index contributed by atoms with van der Waals surface area (Å²) in [6, 6.07) is 6.09. The van der Waals surface area contributed by atoms with E-state index >= 15 is 0 Å². The van der Waals surface area contributed by atoms with Crippen molar-refractivity contribution in [1.29, 1.82) is 0 Å². The molecule has 1 aromatic carbocycles. The Morgan fingerprint density at radius 1 is 1.38 bits per heavy atom. The summed E-state index contributed by atoms with van der Waals surface area (Å²) in [6.45, 7) is 2.70. The Morgan fingerprint density at radius 3 is 3.15 bits per heavy atom. The standard InChI is InChI=1S/C9H9NOS2/c1-2-11-7-3-4-8-9(5-7)12-6-10-13-8/h3-6H,2H2,1H3. The van der Waals surface area contributed by atoms with Gasteiger partial charge in [0, 0.05) is 21.7 Å². The van der Waals surface area contributed by atoms with E-state index in [2.05, 4.69) is 16.5 Å². The molecule has 4 heteroatoms. The first-order chi connectivity index (χ1) is 6.40. The van der Waals surface area contributed by atoms with E-state index in [9.17, 15) is 0 Å². The van der Waals surface area contributed by atoms with E-state index in [1.54, 1.807) is 11.8 Å². The highest BCUT2D eigenvalue weighted by Gasteiger charge is 2.08. The van der Waals surface area contributed by atoms with Crippen LogP contribution >= 0.6 is 23.7 Å². The fourth-order valence-electron chi connectivity index (χ4n) is 1.07. The summed E-state index contributed by atoms with van der Waals surface area (Å²) in [6.07, 6.45) is 0. The summed E-state index contributed by atoms with van der Waals surface area (Å²) in [5.41, 5.74) is 1.85. The largest absolute Gasteiger partial charge is 0.494 e. The highest BCUT2D eigenvalue weighted by atomic mass is 32.2. The smallest absolute Gasteiger partial charge is 0.120 e. The SMILES string of the molecule is CCOc1ccc2c(c1)SC=NS2. The molecular weight excluding hydrogens is 202 g/mol. The van der Waals surface area contributed by atoms with Crippen molar-refractivity contribution in [1.82, 2.24) is 0 Å². The van der Waals surface area contributed by atoms with Gasteiger partial charge in [-0.1, -0.05) is 11.8 Å². The maximum Gasteiger partial charge on any atom is 0.120 e. The zero-order valence-corrected chi connectivity index (χ0v) is 8.82. The lowest BCUT2D eigenvalue weighted by molar-refractivity contribution is 0.339. The van der Waals surface area contributed by atoms with Crippen LogP contribution in [0.15, 0.2) is 32.4 Å². The normalized spacial score (nSPS) is 13.9. The first kappa shape index (κ1) is 8.97. The van der Waals surface area contributed by atoms with Gasteiger partial charge in [-0.15, -0.1) is 0 Å². The Kier molecular flexibility index (Phi) is 2.80. The second kappa shape index (κ2) is 4.07. The molecule has 1 aliphatic heterocycles. The average Bonchev–Trinajstić information content (AvgIpc) is 2.18. The molecule has 68 valence electrons. The van der Waals surface area contributed by atoms with Crippen molar-refractivity contribution in [2.75, 3.05) is 6.61 Å². The van der Waals surface area contributed by atoms with E-state index in [1.807, 2.05) is 18.5 Å². The molecule has 0 atom stereocenters. The van der Waals surface area contributed by atoms with E-state index < -0.39 is 0 Å².